The van der Waals surface area contributed by atoms with Crippen LogP contribution in [0.25, 0.3) is 10.9 Å². The van der Waals surface area contributed by atoms with Gasteiger partial charge < -0.3 is 19.8 Å². The van der Waals surface area contributed by atoms with Gasteiger partial charge in [-0.2, -0.15) is 0 Å². The summed E-state index contributed by atoms with van der Waals surface area (Å²) < 4.78 is 13.8. The van der Waals surface area contributed by atoms with E-state index in [4.69, 9.17) is 15.2 Å². The number of fused-ring (bicyclic) bond motifs is 1. The number of anilines is 1. The van der Waals surface area contributed by atoms with Crippen molar-refractivity contribution in [1.82, 2.24) is 4.57 Å². The normalized spacial score (nSPS) is 11.1. The minimum Gasteiger partial charge on any atom is -0.489 e. The summed E-state index contributed by atoms with van der Waals surface area (Å²) in [4.78, 5) is 13.1. The van der Waals surface area contributed by atoms with Crippen molar-refractivity contribution in [2.45, 2.75) is 78.7 Å². The molecular formula is C23H36N2O3. The lowest BCUT2D eigenvalue weighted by molar-refractivity contribution is 0.258. The molecule has 2 rings (SSSR count). The van der Waals surface area contributed by atoms with E-state index in [0.717, 1.165) is 36.6 Å². The second kappa shape index (κ2) is 11.6. The summed E-state index contributed by atoms with van der Waals surface area (Å²) in [5, 5.41) is 0.879. The number of hydrogen-bond donors (Lipinski definition) is 1. The highest BCUT2D eigenvalue weighted by Gasteiger charge is 2.19. The lowest BCUT2D eigenvalue weighted by Crippen LogP contribution is -2.23. The van der Waals surface area contributed by atoms with Crippen molar-refractivity contribution in [3.63, 3.8) is 0 Å². The van der Waals surface area contributed by atoms with E-state index in [9.17, 15) is 4.79 Å². The quantitative estimate of drug-likeness (QED) is 0.362. The minimum absolute atomic E-state index is 0.141. The van der Waals surface area contributed by atoms with Gasteiger partial charge in [-0.3, -0.25) is 4.79 Å². The Kier molecular flexibility index (Phi) is 9.18. The standard InChI is InChI=1S/C23H36N2O3/c1-4-7-9-10-11-12-16-28-22-21(27-15-8-5-2)19-14-13-18(24)17-20(19)25(6-3)23(22)26/h13-14,17H,4-12,15-16,24H2,1-3H3. The molecule has 0 fully saturated rings. The van der Waals surface area contributed by atoms with E-state index < -0.39 is 0 Å². The fourth-order valence-corrected chi connectivity index (χ4v) is 3.38. The van der Waals surface area contributed by atoms with Crippen molar-refractivity contribution in [3.05, 3.63) is 28.6 Å². The van der Waals surface area contributed by atoms with Gasteiger partial charge in [-0.15, -0.1) is 0 Å². The Morgan fingerprint density at radius 2 is 1.50 bits per heavy atom. The van der Waals surface area contributed by atoms with E-state index in [0.29, 0.717) is 36.9 Å². The second-order valence-electron chi connectivity index (χ2n) is 7.30. The molecule has 0 spiro atoms. The SMILES string of the molecule is CCCCCCCCOc1c(OCCCC)c2ccc(N)cc2n(CC)c1=O. The number of nitrogens with two attached hydrogens (primary N) is 1. The first-order valence-corrected chi connectivity index (χ1v) is 10.9. The maximum Gasteiger partial charge on any atom is 0.297 e. The van der Waals surface area contributed by atoms with E-state index >= 15 is 0 Å². The van der Waals surface area contributed by atoms with E-state index in [1.54, 1.807) is 4.57 Å². The van der Waals surface area contributed by atoms with Crippen molar-refractivity contribution in [2.24, 2.45) is 0 Å². The van der Waals surface area contributed by atoms with Gasteiger partial charge >= 0.3 is 0 Å². The molecule has 0 saturated carbocycles. The van der Waals surface area contributed by atoms with Gasteiger partial charge in [0.2, 0.25) is 5.75 Å². The van der Waals surface area contributed by atoms with Crippen LogP contribution in [0.1, 0.15) is 72.1 Å². The van der Waals surface area contributed by atoms with Gasteiger partial charge in [0.15, 0.2) is 5.75 Å². The number of pyridine rings is 1. The van der Waals surface area contributed by atoms with Crippen LogP contribution in [0.4, 0.5) is 5.69 Å². The molecule has 0 bridgehead atoms. The van der Waals surface area contributed by atoms with Gasteiger partial charge in [-0.25, -0.2) is 0 Å². The summed E-state index contributed by atoms with van der Waals surface area (Å²) in [6.07, 6.45) is 9.05. The Balaban J connectivity index is 2.28. The number of unbranched alkanes of at least 4 members (excludes halogenated alkanes) is 6. The van der Waals surface area contributed by atoms with E-state index in [-0.39, 0.29) is 5.56 Å². The summed E-state index contributed by atoms with van der Waals surface area (Å²) >= 11 is 0. The third-order valence-corrected chi connectivity index (χ3v) is 5.01. The van der Waals surface area contributed by atoms with Crippen LogP contribution < -0.4 is 20.8 Å². The molecule has 0 aliphatic carbocycles. The Morgan fingerprint density at radius 3 is 2.21 bits per heavy atom. The van der Waals surface area contributed by atoms with Crippen molar-refractivity contribution in [1.29, 1.82) is 0 Å². The first kappa shape index (κ1) is 22.1. The van der Waals surface area contributed by atoms with Crippen LogP contribution in [0.3, 0.4) is 0 Å². The molecular weight excluding hydrogens is 352 g/mol. The highest BCUT2D eigenvalue weighted by molar-refractivity contribution is 5.90. The van der Waals surface area contributed by atoms with Crippen molar-refractivity contribution in [3.8, 4) is 11.5 Å². The van der Waals surface area contributed by atoms with Gasteiger partial charge in [0.25, 0.3) is 5.56 Å². The molecule has 28 heavy (non-hydrogen) atoms. The summed E-state index contributed by atoms with van der Waals surface area (Å²) in [7, 11) is 0. The van der Waals surface area contributed by atoms with Crippen LogP contribution in [0, 0.1) is 0 Å². The maximum atomic E-state index is 13.1. The van der Waals surface area contributed by atoms with Crippen molar-refractivity contribution < 1.29 is 9.47 Å². The number of rotatable bonds is 13. The van der Waals surface area contributed by atoms with Crippen LogP contribution in [0.15, 0.2) is 23.0 Å². The summed E-state index contributed by atoms with van der Waals surface area (Å²) in [6, 6.07) is 5.61. The van der Waals surface area contributed by atoms with Gasteiger partial charge in [-0.05, 0) is 38.0 Å². The third kappa shape index (κ3) is 5.66. The van der Waals surface area contributed by atoms with Gasteiger partial charge in [-0.1, -0.05) is 52.4 Å². The molecule has 5 nitrogen and oxygen atoms in total. The molecule has 0 radical (unpaired) electrons. The average molecular weight is 389 g/mol. The number of nitrogens with zero attached hydrogens (tertiary/aromatic N) is 1. The Bertz CT molecular complexity index is 799. The Labute approximate surface area is 168 Å². The lowest BCUT2D eigenvalue weighted by Gasteiger charge is -2.18. The molecule has 1 heterocycles. The number of hydrogen-bond acceptors (Lipinski definition) is 4. The number of aromatic nitrogens is 1. The Hall–Kier alpha value is -2.17. The first-order chi connectivity index (χ1) is 13.6. The third-order valence-electron chi connectivity index (χ3n) is 5.01. The summed E-state index contributed by atoms with van der Waals surface area (Å²) in [5.74, 6) is 0.896. The highest BCUT2D eigenvalue weighted by atomic mass is 16.5. The van der Waals surface area contributed by atoms with Gasteiger partial charge in [0.05, 0.1) is 18.7 Å². The maximum absolute atomic E-state index is 13.1. The fraction of sp³-hybridized carbons (Fsp3) is 0.609. The number of ether oxygens (including phenoxy) is 2. The smallest absolute Gasteiger partial charge is 0.297 e. The van der Waals surface area contributed by atoms with Crippen LogP contribution >= 0.6 is 0 Å². The van der Waals surface area contributed by atoms with Crippen LogP contribution in [-0.2, 0) is 6.54 Å². The highest BCUT2D eigenvalue weighted by Crippen LogP contribution is 2.34. The van der Waals surface area contributed by atoms with Crippen molar-refractivity contribution in [2.75, 3.05) is 18.9 Å². The van der Waals surface area contributed by atoms with E-state index in [2.05, 4.69) is 13.8 Å². The summed E-state index contributed by atoms with van der Waals surface area (Å²) in [6.45, 7) is 7.96. The van der Waals surface area contributed by atoms with Crippen LogP contribution in [-0.4, -0.2) is 17.8 Å². The Morgan fingerprint density at radius 1 is 0.857 bits per heavy atom. The molecule has 0 amide bonds. The number of benzene rings is 1. The topological polar surface area (TPSA) is 66.5 Å². The lowest BCUT2D eigenvalue weighted by atomic mass is 10.1. The zero-order chi connectivity index (χ0) is 20.4. The average Bonchev–Trinajstić information content (AvgIpc) is 2.69. The minimum atomic E-state index is -0.141. The van der Waals surface area contributed by atoms with Crippen LogP contribution in [0.5, 0.6) is 11.5 Å². The first-order valence-electron chi connectivity index (χ1n) is 10.9. The molecule has 0 aliphatic rings. The van der Waals surface area contributed by atoms with E-state index in [1.165, 1.54) is 25.7 Å². The molecule has 0 aliphatic heterocycles. The second-order valence-corrected chi connectivity index (χ2v) is 7.30. The van der Waals surface area contributed by atoms with Crippen molar-refractivity contribution >= 4 is 16.6 Å². The fourth-order valence-electron chi connectivity index (χ4n) is 3.38. The molecule has 156 valence electrons. The molecule has 1 aromatic carbocycles. The summed E-state index contributed by atoms with van der Waals surface area (Å²) in [5.41, 5.74) is 7.26. The molecule has 2 aromatic rings. The van der Waals surface area contributed by atoms with E-state index in [1.807, 2.05) is 25.1 Å². The predicted octanol–water partition coefficient (Wildman–Crippen LogP) is 5.52. The van der Waals surface area contributed by atoms with Gasteiger partial charge in [0, 0.05) is 17.6 Å². The molecule has 1 aromatic heterocycles. The predicted molar refractivity (Wildman–Crippen MR) is 118 cm³/mol. The number of nitrogen functional groups attached to an aromatic ring is 1. The molecule has 0 unspecified atom stereocenters. The van der Waals surface area contributed by atoms with Crippen LogP contribution in [0.2, 0.25) is 0 Å². The molecule has 0 saturated heterocycles. The molecule has 5 heteroatoms. The largest absolute Gasteiger partial charge is 0.489 e. The number of aryl methyl sites for hydroxylation is 1. The van der Waals surface area contributed by atoms with Gasteiger partial charge in [0.1, 0.15) is 0 Å². The zero-order valence-corrected chi connectivity index (χ0v) is 17.8. The monoisotopic (exact) mass is 388 g/mol. The molecule has 2 N–H and O–H groups in total. The molecule has 0 atom stereocenters. The zero-order valence-electron chi connectivity index (χ0n) is 17.8.